The lowest BCUT2D eigenvalue weighted by atomic mass is 9.96. The minimum atomic E-state index is -0.535. The molecular weight excluding hydrogens is 356 g/mol. The Morgan fingerprint density at radius 1 is 0.893 bits per heavy atom. The van der Waals surface area contributed by atoms with Gasteiger partial charge in [0.25, 0.3) is 0 Å². The number of nitrogens with zero attached hydrogens (tertiary/aromatic N) is 1. The van der Waals surface area contributed by atoms with E-state index < -0.39 is 24.1 Å². The third-order valence-electron chi connectivity index (χ3n) is 5.48. The van der Waals surface area contributed by atoms with Crippen LogP contribution in [-0.4, -0.2) is 54.2 Å². The Labute approximate surface area is 164 Å². The van der Waals surface area contributed by atoms with Gasteiger partial charge < -0.3 is 15.2 Å². The number of ether oxygens (including phenoxy) is 2. The fraction of sp³-hybridized carbons (Fsp3) is 0.364. The molecule has 0 spiro atoms. The van der Waals surface area contributed by atoms with Crippen molar-refractivity contribution in [2.75, 3.05) is 13.1 Å². The maximum atomic E-state index is 12.6. The molecule has 2 fully saturated rings. The molecule has 2 aromatic carbocycles. The van der Waals surface area contributed by atoms with Crippen LogP contribution in [0, 0.1) is 0 Å². The third kappa shape index (κ3) is 3.93. The van der Waals surface area contributed by atoms with Gasteiger partial charge >= 0.3 is 11.9 Å². The summed E-state index contributed by atoms with van der Waals surface area (Å²) in [6.45, 7) is 1.35. The van der Waals surface area contributed by atoms with Crippen LogP contribution in [0.5, 0.6) is 0 Å². The highest BCUT2D eigenvalue weighted by atomic mass is 16.6. The van der Waals surface area contributed by atoms with E-state index in [9.17, 15) is 9.59 Å². The predicted molar refractivity (Wildman–Crippen MR) is 104 cm³/mol. The Kier molecular flexibility index (Phi) is 5.41. The Balaban J connectivity index is 1.53. The molecule has 2 aliphatic heterocycles. The normalized spacial score (nSPS) is 27.0. The highest BCUT2D eigenvalue weighted by molar-refractivity contribution is 5.90. The molecule has 6 heteroatoms. The smallest absolute Gasteiger partial charge is 0.338 e. The van der Waals surface area contributed by atoms with E-state index in [1.54, 1.807) is 48.5 Å². The zero-order chi connectivity index (χ0) is 19.5. The van der Waals surface area contributed by atoms with Gasteiger partial charge in [-0.2, -0.15) is 0 Å². The number of nitrogens with two attached hydrogens (primary N) is 1. The molecule has 4 atom stereocenters. The van der Waals surface area contributed by atoms with Crippen LogP contribution in [0.15, 0.2) is 60.7 Å². The molecule has 2 saturated heterocycles. The van der Waals surface area contributed by atoms with Crippen molar-refractivity contribution in [2.24, 2.45) is 5.73 Å². The van der Waals surface area contributed by atoms with Gasteiger partial charge in [-0.3, -0.25) is 4.90 Å². The van der Waals surface area contributed by atoms with Crippen molar-refractivity contribution in [1.29, 1.82) is 0 Å². The lowest BCUT2D eigenvalue weighted by Gasteiger charge is -2.34. The molecule has 146 valence electrons. The number of benzene rings is 2. The molecule has 2 aromatic rings. The summed E-state index contributed by atoms with van der Waals surface area (Å²) < 4.78 is 11.6. The van der Waals surface area contributed by atoms with Gasteiger partial charge in [-0.15, -0.1) is 0 Å². The molecule has 0 aliphatic carbocycles. The van der Waals surface area contributed by atoms with E-state index in [0.29, 0.717) is 24.1 Å². The molecule has 2 heterocycles. The number of piperidine rings is 1. The van der Waals surface area contributed by atoms with Crippen molar-refractivity contribution in [1.82, 2.24) is 4.90 Å². The third-order valence-corrected chi connectivity index (χ3v) is 5.48. The number of carbonyl (C=O) groups is 2. The summed E-state index contributed by atoms with van der Waals surface area (Å²) >= 11 is 0. The summed E-state index contributed by atoms with van der Waals surface area (Å²) in [5.41, 5.74) is 7.12. The number of esters is 2. The van der Waals surface area contributed by atoms with E-state index in [1.807, 2.05) is 12.1 Å². The molecule has 0 saturated carbocycles. The van der Waals surface area contributed by atoms with Crippen LogP contribution in [-0.2, 0) is 9.47 Å². The van der Waals surface area contributed by atoms with E-state index in [4.69, 9.17) is 15.2 Å². The summed E-state index contributed by atoms with van der Waals surface area (Å²) in [6.07, 6.45) is 0.545. The van der Waals surface area contributed by atoms with E-state index in [-0.39, 0.29) is 12.1 Å². The fourth-order valence-corrected chi connectivity index (χ4v) is 4.03. The lowest BCUT2D eigenvalue weighted by Crippen LogP contribution is -2.48. The molecular formula is C22H24N2O4. The van der Waals surface area contributed by atoms with Crippen molar-refractivity contribution < 1.29 is 19.1 Å². The molecule has 0 aromatic heterocycles. The van der Waals surface area contributed by atoms with Crippen molar-refractivity contribution in [3.63, 3.8) is 0 Å². The largest absolute Gasteiger partial charge is 0.453 e. The number of hydrogen-bond donors (Lipinski definition) is 1. The summed E-state index contributed by atoms with van der Waals surface area (Å²) in [5, 5.41) is 0. The molecule has 0 unspecified atom stereocenters. The quantitative estimate of drug-likeness (QED) is 0.820. The van der Waals surface area contributed by atoms with Crippen LogP contribution in [0.1, 0.15) is 33.6 Å². The Bertz CT molecular complexity index is 827. The van der Waals surface area contributed by atoms with Gasteiger partial charge in [0.05, 0.1) is 17.2 Å². The second-order valence-electron chi connectivity index (χ2n) is 7.39. The monoisotopic (exact) mass is 380 g/mol. The molecule has 2 N–H and O–H groups in total. The van der Waals surface area contributed by atoms with Crippen molar-refractivity contribution in [3.05, 3.63) is 71.8 Å². The Hall–Kier alpha value is -2.70. The number of carbonyl (C=O) groups excluding carboxylic acids is 2. The molecule has 0 amide bonds. The molecule has 6 nitrogen and oxygen atoms in total. The highest BCUT2D eigenvalue weighted by Gasteiger charge is 2.48. The molecule has 0 bridgehead atoms. The molecule has 28 heavy (non-hydrogen) atoms. The summed E-state index contributed by atoms with van der Waals surface area (Å²) in [7, 11) is 0. The van der Waals surface area contributed by atoms with Gasteiger partial charge in [0.15, 0.2) is 12.2 Å². The summed E-state index contributed by atoms with van der Waals surface area (Å²) in [6, 6.07) is 17.7. The topological polar surface area (TPSA) is 81.9 Å². The van der Waals surface area contributed by atoms with Gasteiger partial charge in [0.2, 0.25) is 0 Å². The molecule has 2 aliphatic rings. The Morgan fingerprint density at radius 2 is 1.46 bits per heavy atom. The van der Waals surface area contributed by atoms with Gasteiger partial charge in [-0.25, -0.2) is 9.59 Å². The first-order chi connectivity index (χ1) is 13.6. The zero-order valence-electron chi connectivity index (χ0n) is 15.6. The van der Waals surface area contributed by atoms with E-state index in [0.717, 1.165) is 13.0 Å². The zero-order valence-corrected chi connectivity index (χ0v) is 15.6. The van der Waals surface area contributed by atoms with Crippen LogP contribution < -0.4 is 5.73 Å². The SMILES string of the molecule is N[C@@H]1CCN2C[C@@H](OC(=O)c3ccccc3)[C@H](OC(=O)c3ccccc3)[C@H]2C1. The van der Waals surface area contributed by atoms with Gasteiger partial charge in [-0.05, 0) is 37.1 Å². The van der Waals surface area contributed by atoms with Crippen LogP contribution in [0.2, 0.25) is 0 Å². The first-order valence-corrected chi connectivity index (χ1v) is 9.63. The van der Waals surface area contributed by atoms with E-state index in [2.05, 4.69) is 4.90 Å². The van der Waals surface area contributed by atoms with Crippen molar-refractivity contribution in [2.45, 2.75) is 37.1 Å². The van der Waals surface area contributed by atoms with Crippen LogP contribution in [0.3, 0.4) is 0 Å². The first-order valence-electron chi connectivity index (χ1n) is 9.63. The molecule has 4 rings (SSSR count). The summed E-state index contributed by atoms with van der Waals surface area (Å²) in [5.74, 6) is -0.817. The first kappa shape index (κ1) is 18.7. The maximum Gasteiger partial charge on any atom is 0.338 e. The van der Waals surface area contributed by atoms with Crippen LogP contribution >= 0.6 is 0 Å². The van der Waals surface area contributed by atoms with Gasteiger partial charge in [0.1, 0.15) is 0 Å². The average Bonchev–Trinajstić information content (AvgIpc) is 3.05. The number of hydrogen-bond acceptors (Lipinski definition) is 6. The van der Waals surface area contributed by atoms with E-state index >= 15 is 0 Å². The van der Waals surface area contributed by atoms with Crippen LogP contribution in [0.25, 0.3) is 0 Å². The molecule has 0 radical (unpaired) electrons. The average molecular weight is 380 g/mol. The number of fused-ring (bicyclic) bond motifs is 1. The number of rotatable bonds is 4. The van der Waals surface area contributed by atoms with Gasteiger partial charge in [0, 0.05) is 19.1 Å². The minimum Gasteiger partial charge on any atom is -0.453 e. The second kappa shape index (κ2) is 8.12. The Morgan fingerprint density at radius 3 is 2.07 bits per heavy atom. The van der Waals surface area contributed by atoms with Crippen molar-refractivity contribution >= 4 is 11.9 Å². The van der Waals surface area contributed by atoms with Crippen LogP contribution in [0.4, 0.5) is 0 Å². The van der Waals surface area contributed by atoms with Crippen molar-refractivity contribution in [3.8, 4) is 0 Å². The lowest BCUT2D eigenvalue weighted by molar-refractivity contribution is -0.0284. The minimum absolute atomic E-state index is 0.0371. The maximum absolute atomic E-state index is 12.6. The van der Waals surface area contributed by atoms with Gasteiger partial charge in [-0.1, -0.05) is 36.4 Å². The summed E-state index contributed by atoms with van der Waals surface area (Å²) in [4.78, 5) is 27.4. The second-order valence-corrected chi connectivity index (χ2v) is 7.39. The highest BCUT2D eigenvalue weighted by Crippen LogP contribution is 2.32. The fourth-order valence-electron chi connectivity index (χ4n) is 4.03. The predicted octanol–water partition coefficient (Wildman–Crippen LogP) is 2.24. The standard InChI is InChI=1S/C22H24N2O4/c23-17-11-12-24-14-19(27-21(25)15-7-3-1-4-8-15)20(18(24)13-17)28-22(26)16-9-5-2-6-10-16/h1-10,17-20H,11-14,23H2/t17-,18-,19-,20-/m1/s1. The van der Waals surface area contributed by atoms with E-state index in [1.165, 1.54) is 0 Å².